The summed E-state index contributed by atoms with van der Waals surface area (Å²) in [4.78, 5) is 13.1. The Labute approximate surface area is 142 Å². The highest BCUT2D eigenvalue weighted by atomic mass is 16.6. The summed E-state index contributed by atoms with van der Waals surface area (Å²) in [5, 5.41) is 22.1. The van der Waals surface area contributed by atoms with Crippen molar-refractivity contribution < 1.29 is 14.8 Å². The van der Waals surface area contributed by atoms with Crippen LogP contribution in [0.15, 0.2) is 18.2 Å². The first kappa shape index (κ1) is 17.2. The molecule has 1 saturated heterocycles. The molecule has 0 aromatic heterocycles. The third-order valence-corrected chi connectivity index (χ3v) is 5.19. The molecule has 1 N–H and O–H groups in total. The standard InChI is InChI=1S/C18H26N2O4/c1-18(2)17(21)16(19-10-6-4-3-5-7-11-19)14-12-13(20(22)23)8-9-15(14)24-18/h8-9,12,16-17,21H,3-7,10-11H2,1-2H3/t16-,17+/m1/s1. The van der Waals surface area contributed by atoms with E-state index >= 15 is 0 Å². The number of ether oxygens (including phenoxy) is 1. The van der Waals surface area contributed by atoms with Crippen LogP contribution in [-0.2, 0) is 0 Å². The second-order valence-corrected chi connectivity index (χ2v) is 7.38. The van der Waals surface area contributed by atoms with Crippen LogP contribution in [0, 0.1) is 10.1 Å². The van der Waals surface area contributed by atoms with Gasteiger partial charge in [0.15, 0.2) is 0 Å². The van der Waals surface area contributed by atoms with Crippen LogP contribution in [0.4, 0.5) is 5.69 Å². The lowest BCUT2D eigenvalue weighted by atomic mass is 9.85. The van der Waals surface area contributed by atoms with Crippen LogP contribution in [0.2, 0.25) is 0 Å². The van der Waals surface area contributed by atoms with Gasteiger partial charge in [-0.1, -0.05) is 19.3 Å². The molecule has 2 atom stereocenters. The molecular formula is C18H26N2O4. The summed E-state index contributed by atoms with van der Waals surface area (Å²) in [7, 11) is 0. The van der Waals surface area contributed by atoms with Gasteiger partial charge in [0.2, 0.25) is 0 Å². The zero-order valence-corrected chi connectivity index (χ0v) is 14.4. The maximum absolute atomic E-state index is 11.2. The van der Waals surface area contributed by atoms with Crippen molar-refractivity contribution in [2.75, 3.05) is 13.1 Å². The van der Waals surface area contributed by atoms with Crippen LogP contribution in [-0.4, -0.2) is 39.7 Å². The van der Waals surface area contributed by atoms with Gasteiger partial charge in [0.25, 0.3) is 5.69 Å². The van der Waals surface area contributed by atoms with E-state index in [2.05, 4.69) is 4.90 Å². The van der Waals surface area contributed by atoms with Gasteiger partial charge in [0.05, 0.1) is 11.0 Å². The van der Waals surface area contributed by atoms with Crippen molar-refractivity contribution in [2.45, 2.75) is 63.7 Å². The Balaban J connectivity index is 2.01. The Bertz CT molecular complexity index is 609. The van der Waals surface area contributed by atoms with Crippen molar-refractivity contribution in [3.8, 4) is 5.75 Å². The molecule has 1 aromatic rings. The number of nitro groups is 1. The number of likely N-dealkylation sites (tertiary alicyclic amines) is 1. The van der Waals surface area contributed by atoms with Crippen molar-refractivity contribution in [2.24, 2.45) is 0 Å². The highest BCUT2D eigenvalue weighted by Gasteiger charge is 2.45. The zero-order chi connectivity index (χ0) is 17.3. The minimum atomic E-state index is -0.730. The Morgan fingerprint density at radius 1 is 1.21 bits per heavy atom. The molecule has 2 aliphatic rings. The van der Waals surface area contributed by atoms with Crippen LogP contribution >= 0.6 is 0 Å². The summed E-state index contributed by atoms with van der Waals surface area (Å²) in [6.07, 6.45) is 5.11. The summed E-state index contributed by atoms with van der Waals surface area (Å²) in [5.41, 5.74) is 0.0498. The molecule has 0 aliphatic carbocycles. The number of aliphatic hydroxyl groups is 1. The summed E-state index contributed by atoms with van der Waals surface area (Å²) < 4.78 is 5.94. The van der Waals surface area contributed by atoms with Crippen molar-refractivity contribution in [1.29, 1.82) is 0 Å². The molecule has 2 aliphatic heterocycles. The number of benzene rings is 1. The molecule has 6 nitrogen and oxygen atoms in total. The van der Waals surface area contributed by atoms with Crippen LogP contribution in [0.1, 0.15) is 57.6 Å². The Kier molecular flexibility index (Phi) is 4.78. The first-order valence-corrected chi connectivity index (χ1v) is 8.79. The zero-order valence-electron chi connectivity index (χ0n) is 14.4. The summed E-state index contributed by atoms with van der Waals surface area (Å²) in [5.74, 6) is 0.642. The van der Waals surface area contributed by atoms with Crippen molar-refractivity contribution in [1.82, 2.24) is 4.90 Å². The number of nitro benzene ring substituents is 1. The van der Waals surface area contributed by atoms with Gasteiger partial charge in [-0.15, -0.1) is 0 Å². The molecule has 1 aromatic carbocycles. The maximum atomic E-state index is 11.2. The van der Waals surface area contributed by atoms with Crippen molar-refractivity contribution >= 4 is 5.69 Å². The lowest BCUT2D eigenvalue weighted by Gasteiger charge is -2.46. The average Bonchev–Trinajstić information content (AvgIpc) is 2.49. The lowest BCUT2D eigenvalue weighted by molar-refractivity contribution is -0.385. The summed E-state index contributed by atoms with van der Waals surface area (Å²) >= 11 is 0. The fourth-order valence-corrected chi connectivity index (χ4v) is 3.81. The molecule has 0 saturated carbocycles. The second-order valence-electron chi connectivity index (χ2n) is 7.38. The topological polar surface area (TPSA) is 75.8 Å². The molecule has 0 spiro atoms. The van der Waals surface area contributed by atoms with Crippen LogP contribution in [0.25, 0.3) is 0 Å². The first-order valence-electron chi connectivity index (χ1n) is 8.79. The maximum Gasteiger partial charge on any atom is 0.270 e. The number of aliphatic hydroxyl groups excluding tert-OH is 1. The minimum Gasteiger partial charge on any atom is -0.485 e. The molecule has 0 amide bonds. The van der Waals surface area contributed by atoms with E-state index in [4.69, 9.17) is 4.74 Å². The molecule has 0 unspecified atom stereocenters. The number of nitrogens with zero attached hydrogens (tertiary/aromatic N) is 2. The Hall–Kier alpha value is -1.66. The molecule has 132 valence electrons. The van der Waals surface area contributed by atoms with Gasteiger partial charge in [0.1, 0.15) is 17.5 Å². The van der Waals surface area contributed by atoms with Gasteiger partial charge in [-0.05, 0) is 45.8 Å². The molecular weight excluding hydrogens is 308 g/mol. The molecule has 2 heterocycles. The second kappa shape index (κ2) is 6.69. The third-order valence-electron chi connectivity index (χ3n) is 5.19. The van der Waals surface area contributed by atoms with Gasteiger partial charge in [-0.3, -0.25) is 15.0 Å². The fourth-order valence-electron chi connectivity index (χ4n) is 3.81. The smallest absolute Gasteiger partial charge is 0.270 e. The summed E-state index contributed by atoms with van der Waals surface area (Å²) in [6, 6.07) is 4.44. The predicted molar refractivity (Wildman–Crippen MR) is 91.2 cm³/mol. The van der Waals surface area contributed by atoms with Gasteiger partial charge >= 0.3 is 0 Å². The summed E-state index contributed by atoms with van der Waals surface area (Å²) in [6.45, 7) is 5.55. The highest BCUT2D eigenvalue weighted by molar-refractivity contribution is 5.48. The lowest BCUT2D eigenvalue weighted by Crippen LogP contribution is -2.54. The van der Waals surface area contributed by atoms with E-state index in [9.17, 15) is 15.2 Å². The van der Waals surface area contributed by atoms with Gasteiger partial charge in [-0.2, -0.15) is 0 Å². The predicted octanol–water partition coefficient (Wildman–Crippen LogP) is 3.43. The highest BCUT2D eigenvalue weighted by Crippen LogP contribution is 2.44. The average molecular weight is 334 g/mol. The monoisotopic (exact) mass is 334 g/mol. The normalized spacial score (nSPS) is 27.5. The third kappa shape index (κ3) is 3.26. The van der Waals surface area contributed by atoms with Gasteiger partial charge in [0, 0.05) is 17.7 Å². The number of hydrogen-bond acceptors (Lipinski definition) is 5. The Morgan fingerprint density at radius 2 is 1.83 bits per heavy atom. The number of hydrogen-bond donors (Lipinski definition) is 1. The first-order chi connectivity index (χ1) is 11.4. The number of non-ortho nitro benzene ring substituents is 1. The number of fused-ring (bicyclic) bond motifs is 1. The van der Waals surface area contributed by atoms with Crippen LogP contribution in [0.5, 0.6) is 5.75 Å². The molecule has 24 heavy (non-hydrogen) atoms. The van der Waals surface area contributed by atoms with Crippen molar-refractivity contribution in [3.63, 3.8) is 0 Å². The Morgan fingerprint density at radius 3 is 2.46 bits per heavy atom. The van der Waals surface area contributed by atoms with E-state index in [0.717, 1.165) is 31.5 Å². The van der Waals surface area contributed by atoms with E-state index in [1.807, 2.05) is 13.8 Å². The molecule has 0 radical (unpaired) electrons. The molecule has 1 fully saturated rings. The fraction of sp³-hybridized carbons (Fsp3) is 0.667. The van der Waals surface area contributed by atoms with E-state index in [0.29, 0.717) is 5.75 Å². The van der Waals surface area contributed by atoms with E-state index in [-0.39, 0.29) is 11.7 Å². The van der Waals surface area contributed by atoms with E-state index in [1.54, 1.807) is 12.1 Å². The van der Waals surface area contributed by atoms with Gasteiger partial charge < -0.3 is 9.84 Å². The van der Waals surface area contributed by atoms with E-state index < -0.39 is 16.6 Å². The largest absolute Gasteiger partial charge is 0.485 e. The van der Waals surface area contributed by atoms with Gasteiger partial charge in [-0.25, -0.2) is 0 Å². The molecule has 6 heteroatoms. The SMILES string of the molecule is CC1(C)Oc2ccc([N+](=O)[O-])cc2[C@@H](N2CCCCCCC2)[C@@H]1O. The molecule has 3 rings (SSSR count). The van der Waals surface area contributed by atoms with Crippen LogP contribution < -0.4 is 4.74 Å². The van der Waals surface area contributed by atoms with E-state index in [1.165, 1.54) is 25.3 Å². The van der Waals surface area contributed by atoms with Crippen LogP contribution in [0.3, 0.4) is 0 Å². The minimum absolute atomic E-state index is 0.0429. The molecule has 0 bridgehead atoms. The van der Waals surface area contributed by atoms with Crippen molar-refractivity contribution in [3.05, 3.63) is 33.9 Å². The quantitative estimate of drug-likeness (QED) is 0.662. The number of rotatable bonds is 2.